The van der Waals surface area contributed by atoms with Crippen molar-refractivity contribution in [1.29, 1.82) is 0 Å². The van der Waals surface area contributed by atoms with E-state index in [1.807, 2.05) is 13.8 Å². The molecule has 2 unspecified atom stereocenters. The fourth-order valence-corrected chi connectivity index (χ4v) is 6.04. The molecule has 2 aromatic carbocycles. The highest BCUT2D eigenvalue weighted by molar-refractivity contribution is 6.28. The molecule has 2 atom stereocenters. The second kappa shape index (κ2) is 18.7. The molecule has 0 spiro atoms. The lowest BCUT2D eigenvalue weighted by Crippen LogP contribution is -2.46. The minimum atomic E-state index is -0.950. The molecule has 2 aromatic rings. The Bertz CT molecular complexity index is 1350. The van der Waals surface area contributed by atoms with Crippen molar-refractivity contribution in [2.24, 2.45) is 0 Å². The van der Waals surface area contributed by atoms with Gasteiger partial charge in [-0.3, -0.25) is 14.4 Å². The summed E-state index contributed by atoms with van der Waals surface area (Å²) in [6.45, 7) is 7.62. The van der Waals surface area contributed by atoms with Gasteiger partial charge in [0.05, 0.1) is 6.61 Å². The third-order valence-electron chi connectivity index (χ3n) is 9.07. The van der Waals surface area contributed by atoms with E-state index in [1.54, 1.807) is 26.0 Å². The quantitative estimate of drug-likeness (QED) is 0.0885. The Morgan fingerprint density at radius 3 is 1.57 bits per heavy atom. The van der Waals surface area contributed by atoms with Crippen LogP contribution < -0.4 is 9.47 Å². The topological polar surface area (TPSA) is 125 Å². The van der Waals surface area contributed by atoms with Crippen LogP contribution in [0.2, 0.25) is 0 Å². The van der Waals surface area contributed by atoms with E-state index < -0.39 is 23.8 Å². The average molecular weight is 653 g/mol. The molecule has 0 saturated carbocycles. The predicted octanol–water partition coefficient (Wildman–Crippen LogP) is 7.21. The number of unbranched alkanes of at least 4 members (excludes halogenated alkanes) is 9. The van der Waals surface area contributed by atoms with Crippen LogP contribution in [0.5, 0.6) is 11.5 Å². The van der Waals surface area contributed by atoms with Crippen molar-refractivity contribution < 1.29 is 43.2 Å². The normalized spacial score (nSPS) is 13.8. The van der Waals surface area contributed by atoms with Crippen LogP contribution in [0.1, 0.15) is 137 Å². The molecule has 1 aliphatic carbocycles. The molecule has 0 fully saturated rings. The Balaban J connectivity index is 1.51. The fraction of sp³-hybridized carbons (Fsp3) is 0.579. The maximum atomic E-state index is 13.4. The molecule has 0 saturated heterocycles. The van der Waals surface area contributed by atoms with Crippen LogP contribution in [-0.2, 0) is 19.1 Å². The number of hydrogen-bond donors (Lipinski definition) is 1. The van der Waals surface area contributed by atoms with Crippen LogP contribution in [0.4, 0.5) is 0 Å². The molecule has 258 valence electrons. The second-order valence-corrected chi connectivity index (χ2v) is 12.3. The number of ether oxygens (including phenoxy) is 4. The number of aliphatic hydroxyl groups is 1. The molecule has 47 heavy (non-hydrogen) atoms. The number of methoxy groups -OCH3 is 1. The number of rotatable bonds is 22. The van der Waals surface area contributed by atoms with E-state index in [0.717, 1.165) is 32.1 Å². The Morgan fingerprint density at radius 2 is 1.13 bits per heavy atom. The van der Waals surface area contributed by atoms with Crippen LogP contribution in [0.25, 0.3) is 0 Å². The molecule has 9 nitrogen and oxygen atoms in total. The Labute approximate surface area is 279 Å². The first-order valence-electron chi connectivity index (χ1n) is 17.2. The molecular formula is C38H52O9. The molecule has 1 N–H and O–H groups in total. The van der Waals surface area contributed by atoms with Crippen molar-refractivity contribution >= 4 is 23.3 Å². The van der Waals surface area contributed by atoms with Gasteiger partial charge in [0.2, 0.25) is 5.78 Å². The molecule has 0 amide bonds. The van der Waals surface area contributed by atoms with Gasteiger partial charge in [-0.05, 0) is 75.9 Å². The minimum absolute atomic E-state index is 0.190. The number of aliphatic hydroxyl groups excluding tert-OH is 1. The number of esters is 1. The molecule has 0 heterocycles. The Morgan fingerprint density at radius 1 is 0.681 bits per heavy atom. The number of benzene rings is 2. The van der Waals surface area contributed by atoms with E-state index in [0.29, 0.717) is 25.2 Å². The second-order valence-electron chi connectivity index (χ2n) is 12.3. The van der Waals surface area contributed by atoms with E-state index in [-0.39, 0.29) is 52.0 Å². The predicted molar refractivity (Wildman–Crippen MR) is 179 cm³/mol. The van der Waals surface area contributed by atoms with Crippen molar-refractivity contribution in [3.63, 3.8) is 0 Å². The summed E-state index contributed by atoms with van der Waals surface area (Å²) >= 11 is 0. The zero-order chi connectivity index (χ0) is 34.4. The number of Topliss-reactive ketones (excluding diaryl/α,β-unsaturated/α-hetero) is 1. The number of carbonyl (C=O) groups is 4. The van der Waals surface area contributed by atoms with Crippen molar-refractivity contribution in [2.45, 2.75) is 123 Å². The van der Waals surface area contributed by atoms with Crippen LogP contribution >= 0.6 is 0 Å². The lowest BCUT2D eigenvalue weighted by molar-refractivity contribution is -0.151. The van der Waals surface area contributed by atoms with Crippen LogP contribution in [0.15, 0.2) is 36.4 Å². The Hall–Kier alpha value is -3.56. The lowest BCUT2D eigenvalue weighted by Gasteiger charge is -2.31. The third kappa shape index (κ3) is 9.97. The SMILES string of the molecule is CCC(CC)(OC)C(=O)C(C)Oc1ccc2c(c1)C(=O)c1ccc(OC(C)C(=O)OCCCCCCCCCCCCO)cc1C2=O. The molecule has 0 bridgehead atoms. The van der Waals surface area contributed by atoms with Gasteiger partial charge in [0, 0.05) is 36.0 Å². The van der Waals surface area contributed by atoms with Crippen LogP contribution in [0.3, 0.4) is 0 Å². The molecule has 0 aromatic heterocycles. The monoisotopic (exact) mass is 652 g/mol. The summed E-state index contributed by atoms with van der Waals surface area (Å²) in [5, 5.41) is 8.81. The summed E-state index contributed by atoms with van der Waals surface area (Å²) in [6.07, 6.45) is 10.2. The van der Waals surface area contributed by atoms with Gasteiger partial charge in [0.15, 0.2) is 23.8 Å². The fourth-order valence-electron chi connectivity index (χ4n) is 6.04. The van der Waals surface area contributed by atoms with Gasteiger partial charge in [0.1, 0.15) is 17.1 Å². The van der Waals surface area contributed by atoms with Crippen molar-refractivity contribution in [3.05, 3.63) is 58.7 Å². The summed E-state index contributed by atoms with van der Waals surface area (Å²) < 4.78 is 22.7. The highest BCUT2D eigenvalue weighted by Gasteiger charge is 2.39. The molecule has 3 rings (SSSR count). The smallest absolute Gasteiger partial charge is 0.347 e. The number of fused-ring (bicyclic) bond motifs is 2. The van der Waals surface area contributed by atoms with E-state index in [2.05, 4.69) is 0 Å². The minimum Gasteiger partial charge on any atom is -0.483 e. The number of ketones is 3. The molecule has 1 aliphatic rings. The van der Waals surface area contributed by atoms with E-state index in [9.17, 15) is 19.2 Å². The van der Waals surface area contributed by atoms with E-state index in [1.165, 1.54) is 63.5 Å². The summed E-state index contributed by atoms with van der Waals surface area (Å²) in [6, 6.07) is 9.18. The third-order valence-corrected chi connectivity index (χ3v) is 9.07. The van der Waals surface area contributed by atoms with Crippen molar-refractivity contribution in [2.75, 3.05) is 20.3 Å². The summed E-state index contributed by atoms with van der Waals surface area (Å²) in [5.74, 6) is -0.772. The molecule has 0 radical (unpaired) electrons. The highest BCUT2D eigenvalue weighted by Crippen LogP contribution is 2.33. The number of carbonyl (C=O) groups excluding carboxylic acids is 4. The largest absolute Gasteiger partial charge is 0.483 e. The van der Waals surface area contributed by atoms with Gasteiger partial charge in [0.25, 0.3) is 0 Å². The van der Waals surface area contributed by atoms with Gasteiger partial charge in [-0.25, -0.2) is 4.79 Å². The molecular weight excluding hydrogens is 600 g/mol. The van der Waals surface area contributed by atoms with Gasteiger partial charge in [-0.15, -0.1) is 0 Å². The Kier molecular flexibility index (Phi) is 15.1. The molecule has 0 aliphatic heterocycles. The highest BCUT2D eigenvalue weighted by atomic mass is 16.6. The maximum absolute atomic E-state index is 13.4. The summed E-state index contributed by atoms with van der Waals surface area (Å²) in [4.78, 5) is 52.5. The lowest BCUT2D eigenvalue weighted by atomic mass is 9.84. The van der Waals surface area contributed by atoms with Crippen LogP contribution in [-0.4, -0.2) is 66.6 Å². The van der Waals surface area contributed by atoms with Crippen molar-refractivity contribution in [3.8, 4) is 11.5 Å². The zero-order valence-corrected chi connectivity index (χ0v) is 28.7. The standard InChI is InChI=1S/C38H52O9/c1-6-38(7-2,44-5)36(42)26(3)46-28-18-20-30-32(24-28)34(40)31-21-19-29(25-33(31)35(30)41)47-27(4)37(43)45-23-17-15-13-11-9-8-10-12-14-16-22-39/h18-21,24-27,39H,6-17,22-23H2,1-5H3. The first-order chi connectivity index (χ1) is 22.6. The van der Waals surface area contributed by atoms with Gasteiger partial charge < -0.3 is 24.1 Å². The first-order valence-corrected chi connectivity index (χ1v) is 17.2. The average Bonchev–Trinajstić information content (AvgIpc) is 3.08. The van der Waals surface area contributed by atoms with Gasteiger partial charge >= 0.3 is 5.97 Å². The number of hydrogen-bond acceptors (Lipinski definition) is 9. The van der Waals surface area contributed by atoms with Gasteiger partial charge in [-0.1, -0.05) is 65.2 Å². The van der Waals surface area contributed by atoms with E-state index in [4.69, 9.17) is 24.1 Å². The van der Waals surface area contributed by atoms with Crippen molar-refractivity contribution in [1.82, 2.24) is 0 Å². The molecule has 9 heteroatoms. The van der Waals surface area contributed by atoms with E-state index >= 15 is 0 Å². The van der Waals surface area contributed by atoms with Gasteiger partial charge in [-0.2, -0.15) is 0 Å². The summed E-state index contributed by atoms with van der Waals surface area (Å²) in [5.41, 5.74) is -0.107. The zero-order valence-electron chi connectivity index (χ0n) is 28.7. The maximum Gasteiger partial charge on any atom is 0.347 e. The first kappa shape index (κ1) is 37.9. The summed E-state index contributed by atoms with van der Waals surface area (Å²) in [7, 11) is 1.51. The van der Waals surface area contributed by atoms with Crippen LogP contribution in [0, 0.1) is 0 Å².